The van der Waals surface area contributed by atoms with Crippen LogP contribution in [0.3, 0.4) is 0 Å². The van der Waals surface area contributed by atoms with Crippen molar-refractivity contribution >= 4 is 21.6 Å². The van der Waals surface area contributed by atoms with Crippen molar-refractivity contribution in [3.8, 4) is 0 Å². The molecule has 6 nitrogen and oxygen atoms in total. The highest BCUT2D eigenvalue weighted by molar-refractivity contribution is 7.18. The van der Waals surface area contributed by atoms with Crippen LogP contribution in [0.1, 0.15) is 56.8 Å². The lowest BCUT2D eigenvalue weighted by atomic mass is 9.97. The van der Waals surface area contributed by atoms with E-state index >= 15 is 0 Å². The van der Waals surface area contributed by atoms with Gasteiger partial charge < -0.3 is 14.8 Å². The molecule has 0 amide bonds. The van der Waals surface area contributed by atoms with Gasteiger partial charge in [-0.25, -0.2) is 4.98 Å². The molecule has 1 aliphatic carbocycles. The normalized spacial score (nSPS) is 15.6. The minimum Gasteiger partial charge on any atom is -0.389 e. The largest absolute Gasteiger partial charge is 0.389 e. The fourth-order valence-electron chi connectivity index (χ4n) is 4.01. The number of ether oxygens (including phenoxy) is 1. The van der Waals surface area contributed by atoms with Crippen LogP contribution in [0, 0.1) is 11.8 Å². The molecule has 2 N–H and O–H groups in total. The molecule has 1 unspecified atom stereocenters. The highest BCUT2D eigenvalue weighted by atomic mass is 32.1. The molecular formula is C22H35N3O3S. The van der Waals surface area contributed by atoms with Crippen molar-refractivity contribution in [2.24, 2.45) is 11.8 Å². The van der Waals surface area contributed by atoms with Crippen LogP contribution in [0.4, 0.5) is 0 Å². The van der Waals surface area contributed by atoms with Crippen molar-refractivity contribution in [1.82, 2.24) is 14.9 Å². The maximum Gasteiger partial charge on any atom is 0.259 e. The summed E-state index contributed by atoms with van der Waals surface area (Å²) >= 11 is 1.68. The van der Waals surface area contributed by atoms with E-state index in [0.29, 0.717) is 44.0 Å². The van der Waals surface area contributed by atoms with Gasteiger partial charge >= 0.3 is 0 Å². The second-order valence-corrected chi connectivity index (χ2v) is 10.2. The van der Waals surface area contributed by atoms with Crippen LogP contribution in [0.5, 0.6) is 0 Å². The van der Waals surface area contributed by atoms with Gasteiger partial charge in [0.05, 0.1) is 24.6 Å². The molecule has 29 heavy (non-hydrogen) atoms. The molecule has 1 atom stereocenters. The third kappa shape index (κ3) is 6.10. The van der Waals surface area contributed by atoms with Crippen LogP contribution >= 0.6 is 11.3 Å². The van der Waals surface area contributed by atoms with Crippen LogP contribution in [0.15, 0.2) is 4.79 Å². The van der Waals surface area contributed by atoms with Gasteiger partial charge in [0.25, 0.3) is 5.56 Å². The van der Waals surface area contributed by atoms with Gasteiger partial charge in [0.1, 0.15) is 10.7 Å². The second-order valence-electron chi connectivity index (χ2n) is 9.08. The van der Waals surface area contributed by atoms with Gasteiger partial charge in [-0.2, -0.15) is 0 Å². The number of hydrogen-bond acceptors (Lipinski definition) is 6. The van der Waals surface area contributed by atoms with Gasteiger partial charge in [0, 0.05) is 24.6 Å². The quantitative estimate of drug-likeness (QED) is 0.615. The van der Waals surface area contributed by atoms with E-state index in [1.165, 1.54) is 16.9 Å². The summed E-state index contributed by atoms with van der Waals surface area (Å²) in [6.45, 7) is 11.3. The molecule has 1 aliphatic rings. The van der Waals surface area contributed by atoms with Crippen LogP contribution in [0.25, 0.3) is 10.2 Å². The van der Waals surface area contributed by atoms with Gasteiger partial charge in [-0.05, 0) is 43.1 Å². The predicted molar refractivity (Wildman–Crippen MR) is 119 cm³/mol. The first kappa shape index (κ1) is 22.4. The second kappa shape index (κ2) is 10.2. The number of nitrogens with one attached hydrogen (secondary N) is 1. The Morgan fingerprint density at radius 2 is 1.90 bits per heavy atom. The maximum absolute atomic E-state index is 12.8. The lowest BCUT2D eigenvalue weighted by molar-refractivity contribution is 0.00485. The highest BCUT2D eigenvalue weighted by Gasteiger charge is 2.21. The SMILES string of the molecule is CC(C)COCC(O)CN(Cc1nc2sc3c(c2c(=O)[nH]1)CCCC3)CC(C)C. The van der Waals surface area contributed by atoms with E-state index in [9.17, 15) is 9.90 Å². The number of aryl methyl sites for hydroxylation is 2. The Morgan fingerprint density at radius 1 is 1.14 bits per heavy atom. The minimum atomic E-state index is -0.558. The molecule has 2 aromatic rings. The summed E-state index contributed by atoms with van der Waals surface area (Å²) in [6, 6.07) is 0. The number of rotatable bonds is 10. The van der Waals surface area contributed by atoms with E-state index < -0.39 is 6.10 Å². The average Bonchev–Trinajstić information content (AvgIpc) is 2.99. The standard InChI is InChI=1S/C22H35N3O3S/c1-14(2)9-25(10-16(26)13-28-12-15(3)4)11-19-23-21(27)20-17-7-5-6-8-18(17)29-22(20)24-19/h14-16,26H,5-13H2,1-4H3,(H,23,24,27). The Kier molecular flexibility index (Phi) is 7.85. The molecule has 2 heterocycles. The van der Waals surface area contributed by atoms with Crippen molar-refractivity contribution in [2.75, 3.05) is 26.3 Å². The zero-order valence-corrected chi connectivity index (χ0v) is 19.0. The summed E-state index contributed by atoms with van der Waals surface area (Å²) in [6.07, 6.45) is 3.84. The number of aliphatic hydroxyl groups excluding tert-OH is 1. The van der Waals surface area contributed by atoms with E-state index in [2.05, 4.69) is 37.6 Å². The first-order valence-electron chi connectivity index (χ1n) is 10.8. The van der Waals surface area contributed by atoms with Gasteiger partial charge in [0.2, 0.25) is 0 Å². The van der Waals surface area contributed by atoms with E-state index in [-0.39, 0.29) is 5.56 Å². The van der Waals surface area contributed by atoms with E-state index in [1.54, 1.807) is 11.3 Å². The zero-order valence-electron chi connectivity index (χ0n) is 18.2. The lowest BCUT2D eigenvalue weighted by Crippen LogP contribution is -2.37. The molecule has 0 aliphatic heterocycles. The van der Waals surface area contributed by atoms with E-state index in [1.807, 2.05) is 0 Å². The van der Waals surface area contributed by atoms with Gasteiger partial charge in [0.15, 0.2) is 0 Å². The van der Waals surface area contributed by atoms with Crippen LogP contribution in [0.2, 0.25) is 0 Å². The Morgan fingerprint density at radius 3 is 2.62 bits per heavy atom. The summed E-state index contributed by atoms with van der Waals surface area (Å²) in [5, 5.41) is 11.2. The molecule has 0 saturated carbocycles. The Hall–Kier alpha value is -1.28. The van der Waals surface area contributed by atoms with Gasteiger partial charge in [-0.3, -0.25) is 9.69 Å². The Bertz CT molecular complexity index is 859. The minimum absolute atomic E-state index is 0.0188. The fourth-order valence-corrected chi connectivity index (χ4v) is 5.29. The van der Waals surface area contributed by atoms with E-state index in [4.69, 9.17) is 9.72 Å². The van der Waals surface area contributed by atoms with Crippen LogP contribution in [-0.4, -0.2) is 52.4 Å². The third-order valence-electron chi connectivity index (χ3n) is 5.10. The maximum atomic E-state index is 12.8. The smallest absolute Gasteiger partial charge is 0.259 e. The number of aromatic amines is 1. The molecule has 0 radical (unpaired) electrons. The van der Waals surface area contributed by atoms with Crippen molar-refractivity contribution in [3.63, 3.8) is 0 Å². The predicted octanol–water partition coefficient (Wildman–Crippen LogP) is 3.35. The van der Waals surface area contributed by atoms with Crippen molar-refractivity contribution in [2.45, 2.75) is 66.0 Å². The van der Waals surface area contributed by atoms with Crippen LogP contribution in [-0.2, 0) is 24.1 Å². The third-order valence-corrected chi connectivity index (χ3v) is 6.29. The van der Waals surface area contributed by atoms with Crippen molar-refractivity contribution in [3.05, 3.63) is 26.6 Å². The molecule has 0 saturated heterocycles. The molecule has 3 rings (SSSR count). The van der Waals surface area contributed by atoms with Gasteiger partial charge in [-0.15, -0.1) is 11.3 Å². The molecular weight excluding hydrogens is 386 g/mol. The monoisotopic (exact) mass is 421 g/mol. The molecule has 0 bridgehead atoms. The summed E-state index contributed by atoms with van der Waals surface area (Å²) < 4.78 is 5.59. The van der Waals surface area contributed by atoms with Crippen molar-refractivity contribution < 1.29 is 9.84 Å². The van der Waals surface area contributed by atoms with E-state index in [0.717, 1.165) is 36.0 Å². The number of thiophene rings is 1. The average molecular weight is 422 g/mol. The lowest BCUT2D eigenvalue weighted by Gasteiger charge is -2.26. The molecule has 162 valence electrons. The summed E-state index contributed by atoms with van der Waals surface area (Å²) in [4.78, 5) is 24.9. The molecule has 0 aromatic carbocycles. The summed E-state index contributed by atoms with van der Waals surface area (Å²) in [5.74, 6) is 1.58. The Balaban J connectivity index is 1.73. The number of aliphatic hydroxyl groups is 1. The van der Waals surface area contributed by atoms with Crippen molar-refractivity contribution in [1.29, 1.82) is 0 Å². The molecule has 0 fully saturated rings. The topological polar surface area (TPSA) is 78.5 Å². The number of nitrogens with zero attached hydrogens (tertiary/aromatic N) is 2. The van der Waals surface area contributed by atoms with Gasteiger partial charge in [-0.1, -0.05) is 27.7 Å². The number of aromatic nitrogens is 2. The molecule has 2 aromatic heterocycles. The summed E-state index contributed by atoms with van der Waals surface area (Å²) in [5.41, 5.74) is 1.20. The highest BCUT2D eigenvalue weighted by Crippen LogP contribution is 2.33. The molecule has 7 heteroatoms. The fraction of sp³-hybridized carbons (Fsp3) is 0.727. The first-order valence-corrected chi connectivity index (χ1v) is 11.7. The number of H-pyrrole nitrogens is 1. The number of hydrogen-bond donors (Lipinski definition) is 2. The first-order chi connectivity index (χ1) is 13.8. The Labute approximate surface area is 177 Å². The number of fused-ring (bicyclic) bond motifs is 3. The summed E-state index contributed by atoms with van der Waals surface area (Å²) in [7, 11) is 0. The molecule has 0 spiro atoms. The zero-order chi connectivity index (χ0) is 21.0. The van der Waals surface area contributed by atoms with Crippen LogP contribution < -0.4 is 5.56 Å².